The van der Waals surface area contributed by atoms with E-state index in [1.807, 2.05) is 0 Å². The van der Waals surface area contributed by atoms with Gasteiger partial charge in [-0.3, -0.25) is 0 Å². The van der Waals surface area contributed by atoms with Crippen molar-refractivity contribution in [3.63, 3.8) is 0 Å². The second-order valence-electron chi connectivity index (χ2n) is 4.81. The third-order valence-corrected chi connectivity index (χ3v) is 3.76. The maximum absolute atomic E-state index is 11.0. The Kier molecular flexibility index (Phi) is 2.74. The summed E-state index contributed by atoms with van der Waals surface area (Å²) in [5.41, 5.74) is 2.15. The molecule has 0 amide bonds. The second kappa shape index (κ2) is 4.64. The van der Waals surface area contributed by atoms with Gasteiger partial charge >= 0.3 is 5.97 Å². The van der Waals surface area contributed by atoms with Crippen molar-refractivity contribution in [2.45, 2.75) is 0 Å². The third kappa shape index (κ3) is 1.96. The van der Waals surface area contributed by atoms with Gasteiger partial charge in [-0.25, -0.2) is 9.78 Å². The van der Waals surface area contributed by atoms with Gasteiger partial charge in [0, 0.05) is 11.6 Å². The molecule has 0 atom stereocenters. The average Bonchev–Trinajstić information content (AvgIpc) is 3.10. The molecule has 1 aromatic heterocycles. The number of carbonyl (C=O) groups is 1. The number of aromatic amines is 1. The number of aromatic carboxylic acids is 1. The Labute approximate surface area is 129 Å². The van der Waals surface area contributed by atoms with Crippen molar-refractivity contribution < 1.29 is 19.4 Å². The first kappa shape index (κ1) is 13.0. The minimum Gasteiger partial charge on any atom is -0.478 e. The van der Waals surface area contributed by atoms with Crippen molar-refractivity contribution in [3.8, 4) is 22.9 Å². The molecule has 0 bridgehead atoms. The van der Waals surface area contributed by atoms with Crippen LogP contribution in [0.5, 0.6) is 11.5 Å². The Balaban J connectivity index is 1.86. The van der Waals surface area contributed by atoms with Crippen LogP contribution in [0.1, 0.15) is 10.4 Å². The zero-order chi connectivity index (χ0) is 15.3. The van der Waals surface area contributed by atoms with E-state index in [1.54, 1.807) is 18.2 Å². The molecule has 110 valence electrons. The Morgan fingerprint density at radius 3 is 2.77 bits per heavy atom. The van der Waals surface area contributed by atoms with Crippen LogP contribution < -0.4 is 9.47 Å². The number of carboxylic acids is 1. The number of rotatable bonds is 2. The number of hydrogen-bond acceptors (Lipinski definition) is 4. The van der Waals surface area contributed by atoms with Crippen molar-refractivity contribution >= 4 is 28.6 Å². The SMILES string of the molecule is O=C(O)c1ccc2nc(-c3cc4c(cc3Cl)OCO4)[nH]c2c1. The van der Waals surface area contributed by atoms with Gasteiger partial charge in [-0.15, -0.1) is 0 Å². The predicted molar refractivity (Wildman–Crippen MR) is 79.6 cm³/mol. The topological polar surface area (TPSA) is 84.4 Å². The molecule has 0 unspecified atom stereocenters. The summed E-state index contributed by atoms with van der Waals surface area (Å²) in [4.78, 5) is 18.5. The van der Waals surface area contributed by atoms with Gasteiger partial charge in [0.25, 0.3) is 0 Å². The van der Waals surface area contributed by atoms with Crippen LogP contribution >= 0.6 is 11.6 Å². The van der Waals surface area contributed by atoms with Gasteiger partial charge in [0.2, 0.25) is 6.79 Å². The molecule has 22 heavy (non-hydrogen) atoms. The summed E-state index contributed by atoms with van der Waals surface area (Å²) in [6.45, 7) is 0.164. The molecule has 7 heteroatoms. The minimum absolute atomic E-state index is 0.164. The van der Waals surface area contributed by atoms with Crippen molar-refractivity contribution in [2.75, 3.05) is 6.79 Å². The van der Waals surface area contributed by atoms with Crippen LogP contribution in [0.4, 0.5) is 0 Å². The van der Waals surface area contributed by atoms with E-state index in [9.17, 15) is 4.79 Å². The van der Waals surface area contributed by atoms with Crippen molar-refractivity contribution in [1.29, 1.82) is 0 Å². The van der Waals surface area contributed by atoms with Gasteiger partial charge in [-0.1, -0.05) is 11.6 Å². The summed E-state index contributed by atoms with van der Waals surface area (Å²) in [5.74, 6) is 0.754. The van der Waals surface area contributed by atoms with E-state index < -0.39 is 5.97 Å². The molecule has 1 aliphatic heterocycles. The van der Waals surface area contributed by atoms with E-state index in [1.165, 1.54) is 12.1 Å². The monoisotopic (exact) mass is 316 g/mol. The van der Waals surface area contributed by atoms with Gasteiger partial charge < -0.3 is 19.6 Å². The van der Waals surface area contributed by atoms with Gasteiger partial charge in [-0.05, 0) is 24.3 Å². The maximum Gasteiger partial charge on any atom is 0.335 e. The molecular weight excluding hydrogens is 308 g/mol. The maximum atomic E-state index is 11.0. The van der Waals surface area contributed by atoms with Crippen molar-refractivity contribution in [3.05, 3.63) is 40.9 Å². The molecule has 0 fully saturated rings. The molecule has 0 spiro atoms. The highest BCUT2D eigenvalue weighted by Gasteiger charge is 2.19. The summed E-state index contributed by atoms with van der Waals surface area (Å²) in [6, 6.07) is 8.13. The summed E-state index contributed by atoms with van der Waals surface area (Å²) < 4.78 is 10.6. The number of imidazole rings is 1. The number of nitrogens with zero attached hydrogens (tertiary/aromatic N) is 1. The van der Waals surface area contributed by atoms with E-state index in [2.05, 4.69) is 9.97 Å². The Morgan fingerprint density at radius 2 is 2.00 bits per heavy atom. The van der Waals surface area contributed by atoms with Gasteiger partial charge in [-0.2, -0.15) is 0 Å². The molecule has 4 rings (SSSR count). The van der Waals surface area contributed by atoms with E-state index in [4.69, 9.17) is 26.2 Å². The van der Waals surface area contributed by atoms with Crippen LogP contribution in [0, 0.1) is 0 Å². The van der Waals surface area contributed by atoms with E-state index in [-0.39, 0.29) is 12.4 Å². The molecule has 3 aromatic rings. The highest BCUT2D eigenvalue weighted by molar-refractivity contribution is 6.33. The van der Waals surface area contributed by atoms with Crippen LogP contribution in [0.25, 0.3) is 22.4 Å². The average molecular weight is 317 g/mol. The molecule has 2 N–H and O–H groups in total. The second-order valence-corrected chi connectivity index (χ2v) is 5.22. The number of halogens is 1. The quantitative estimate of drug-likeness (QED) is 0.757. The Hall–Kier alpha value is -2.73. The summed E-state index contributed by atoms with van der Waals surface area (Å²) in [5, 5.41) is 9.51. The number of ether oxygens (including phenoxy) is 2. The fourth-order valence-corrected chi connectivity index (χ4v) is 2.61. The first-order valence-corrected chi connectivity index (χ1v) is 6.82. The summed E-state index contributed by atoms with van der Waals surface area (Å²) in [6.07, 6.45) is 0. The molecule has 0 radical (unpaired) electrons. The van der Waals surface area contributed by atoms with Gasteiger partial charge in [0.15, 0.2) is 11.5 Å². The number of fused-ring (bicyclic) bond motifs is 2. The minimum atomic E-state index is -0.987. The number of H-pyrrole nitrogens is 1. The zero-order valence-electron chi connectivity index (χ0n) is 11.1. The lowest BCUT2D eigenvalue weighted by molar-refractivity contribution is 0.0697. The summed E-state index contributed by atoms with van der Waals surface area (Å²) in [7, 11) is 0. The predicted octanol–water partition coefficient (Wildman–Crippen LogP) is 3.31. The van der Waals surface area contributed by atoms with E-state index >= 15 is 0 Å². The molecular formula is C15H9ClN2O4. The molecule has 1 aliphatic rings. The highest BCUT2D eigenvalue weighted by Crippen LogP contribution is 2.40. The Bertz CT molecular complexity index is 919. The lowest BCUT2D eigenvalue weighted by Gasteiger charge is -2.03. The van der Waals surface area contributed by atoms with E-state index in [0.29, 0.717) is 38.9 Å². The first-order chi connectivity index (χ1) is 10.6. The zero-order valence-corrected chi connectivity index (χ0v) is 11.8. The van der Waals surface area contributed by atoms with E-state index in [0.717, 1.165) is 0 Å². The van der Waals surface area contributed by atoms with Crippen LogP contribution in [-0.2, 0) is 0 Å². The molecule has 2 aromatic carbocycles. The summed E-state index contributed by atoms with van der Waals surface area (Å²) >= 11 is 6.26. The largest absolute Gasteiger partial charge is 0.478 e. The Morgan fingerprint density at radius 1 is 1.23 bits per heavy atom. The van der Waals surface area contributed by atoms with Crippen LogP contribution in [0.15, 0.2) is 30.3 Å². The lowest BCUT2D eigenvalue weighted by Crippen LogP contribution is -1.94. The standard InChI is InChI=1S/C15H9ClN2O4/c16-9-5-13-12(21-6-22-13)4-8(9)14-17-10-2-1-7(15(19)20)3-11(10)18-14/h1-5H,6H2,(H,17,18)(H,19,20). The molecule has 2 heterocycles. The number of carboxylic acid groups (broad SMARTS) is 1. The molecule has 0 saturated heterocycles. The van der Waals surface area contributed by atoms with Crippen molar-refractivity contribution in [1.82, 2.24) is 9.97 Å². The molecule has 6 nitrogen and oxygen atoms in total. The number of hydrogen-bond donors (Lipinski definition) is 2. The van der Waals surface area contributed by atoms with Crippen LogP contribution in [-0.4, -0.2) is 27.8 Å². The fraction of sp³-hybridized carbons (Fsp3) is 0.0667. The van der Waals surface area contributed by atoms with Gasteiger partial charge in [0.05, 0.1) is 21.6 Å². The normalized spacial score (nSPS) is 12.8. The van der Waals surface area contributed by atoms with Gasteiger partial charge in [0.1, 0.15) is 5.82 Å². The molecule has 0 aliphatic carbocycles. The fourth-order valence-electron chi connectivity index (χ4n) is 2.37. The van der Waals surface area contributed by atoms with Crippen LogP contribution in [0.2, 0.25) is 5.02 Å². The number of aromatic nitrogens is 2. The lowest BCUT2D eigenvalue weighted by atomic mass is 10.2. The third-order valence-electron chi connectivity index (χ3n) is 3.45. The van der Waals surface area contributed by atoms with Crippen LogP contribution in [0.3, 0.4) is 0 Å². The number of nitrogens with one attached hydrogen (secondary N) is 1. The van der Waals surface area contributed by atoms with Crippen molar-refractivity contribution in [2.24, 2.45) is 0 Å². The number of benzene rings is 2. The first-order valence-electron chi connectivity index (χ1n) is 6.44. The highest BCUT2D eigenvalue weighted by atomic mass is 35.5. The molecule has 0 saturated carbocycles. The smallest absolute Gasteiger partial charge is 0.335 e.